The number of primary sulfonamides is 1. The molecule has 4 saturated carbocycles. The van der Waals surface area contributed by atoms with Gasteiger partial charge < -0.3 is 15.5 Å². The summed E-state index contributed by atoms with van der Waals surface area (Å²) in [5.41, 5.74) is 0.846. The molecular weight excluding hydrogens is 536 g/mol. The van der Waals surface area contributed by atoms with E-state index in [1.54, 1.807) is 0 Å². The second-order valence-corrected chi connectivity index (χ2v) is 15.6. The van der Waals surface area contributed by atoms with Gasteiger partial charge in [-0.15, -0.1) is 0 Å². The van der Waals surface area contributed by atoms with Crippen LogP contribution in [0.3, 0.4) is 0 Å². The smallest absolute Gasteiger partial charge is 0.239 e. The molecule has 0 radical (unpaired) electrons. The highest BCUT2D eigenvalue weighted by Gasteiger charge is 2.62. The van der Waals surface area contributed by atoms with Crippen LogP contribution in [0, 0.1) is 46.3 Å². The van der Waals surface area contributed by atoms with Crippen LogP contribution in [-0.4, -0.2) is 36.7 Å². The Labute approximate surface area is 238 Å². The molecule has 1 amide bonds. The third-order valence-electron chi connectivity index (χ3n) is 11.8. The Kier molecular flexibility index (Phi) is 7.95. The summed E-state index contributed by atoms with van der Waals surface area (Å²) in [4.78, 5) is 12.6. The fourth-order valence-electron chi connectivity index (χ4n) is 9.77. The average molecular weight is 581 g/mol. The average Bonchev–Trinajstić information content (AvgIpc) is 3.20. The van der Waals surface area contributed by atoms with Crippen LogP contribution in [0.1, 0.15) is 85.0 Å². The number of aliphatic hydroxyl groups excluding tert-OH is 2. The normalized spacial score (nSPS) is 40.7. The number of hydrogen-bond donors (Lipinski definition) is 4. The first-order chi connectivity index (χ1) is 18.2. The van der Waals surface area contributed by atoms with Crippen LogP contribution >= 0.6 is 11.6 Å². The quantitative estimate of drug-likeness (QED) is 0.361. The highest BCUT2D eigenvalue weighted by atomic mass is 35.5. The zero-order chi connectivity index (χ0) is 28.3. The van der Waals surface area contributed by atoms with Crippen LogP contribution in [0.5, 0.6) is 0 Å². The largest absolute Gasteiger partial charge is 0.393 e. The highest BCUT2D eigenvalue weighted by molar-refractivity contribution is 7.89. The molecule has 10 atom stereocenters. The minimum Gasteiger partial charge on any atom is -0.393 e. The third kappa shape index (κ3) is 5.29. The zero-order valence-electron chi connectivity index (χ0n) is 23.4. The molecule has 4 aliphatic carbocycles. The van der Waals surface area contributed by atoms with Gasteiger partial charge in [0.2, 0.25) is 15.9 Å². The second kappa shape index (κ2) is 10.6. The summed E-state index contributed by atoms with van der Waals surface area (Å²) < 4.78 is 23.2. The summed E-state index contributed by atoms with van der Waals surface area (Å²) in [6.07, 6.45) is 8.89. The molecule has 0 aliphatic heterocycles. The van der Waals surface area contributed by atoms with Crippen molar-refractivity contribution in [3.63, 3.8) is 0 Å². The fourth-order valence-corrected chi connectivity index (χ4v) is 10.9. The van der Waals surface area contributed by atoms with Gasteiger partial charge in [-0.25, -0.2) is 13.6 Å². The van der Waals surface area contributed by atoms with Crippen molar-refractivity contribution in [3.05, 3.63) is 23.2 Å². The molecular formula is C30H45ClN2O5S. The van der Waals surface area contributed by atoms with Gasteiger partial charge >= 0.3 is 0 Å². The fraction of sp³-hybridized carbons (Fsp3) is 0.767. The summed E-state index contributed by atoms with van der Waals surface area (Å²) in [6.45, 7) is 7.16. The number of aliphatic hydroxyl groups is 2. The van der Waals surface area contributed by atoms with Crippen molar-refractivity contribution in [1.29, 1.82) is 0 Å². The Morgan fingerprint density at radius 1 is 1.10 bits per heavy atom. The van der Waals surface area contributed by atoms with Gasteiger partial charge in [0.05, 0.1) is 17.2 Å². The van der Waals surface area contributed by atoms with Crippen LogP contribution in [0.2, 0.25) is 5.02 Å². The standard InChI is InChI=1S/C30H45ClN2O5S/c1-17(4-9-27(36)33-19-5-8-26(24(31)16-19)39(32,37)38)21-6-7-22-28-23(11-13-30(21,22)3)29(2)12-10-20(34)14-18(29)15-25(28)35/h5,8,16-18,20-23,25,28,34-35H,4,6-7,9-15H2,1-3H3,(H,33,36)(H2,32,37,38)/t17-,18+,20-,21-,22+,23+,25+,28+,29+,30-/m1/s1. The van der Waals surface area contributed by atoms with Crippen LogP contribution in [0.4, 0.5) is 5.69 Å². The summed E-state index contributed by atoms with van der Waals surface area (Å²) >= 11 is 6.06. The van der Waals surface area contributed by atoms with Crippen molar-refractivity contribution >= 4 is 33.2 Å². The lowest BCUT2D eigenvalue weighted by Crippen LogP contribution is -2.58. The van der Waals surface area contributed by atoms with Gasteiger partial charge in [-0.1, -0.05) is 32.4 Å². The topological polar surface area (TPSA) is 130 Å². The van der Waals surface area contributed by atoms with E-state index < -0.39 is 10.0 Å². The lowest BCUT2D eigenvalue weighted by Gasteiger charge is -2.62. The molecule has 7 nitrogen and oxygen atoms in total. The van der Waals surface area contributed by atoms with Crippen molar-refractivity contribution in [1.82, 2.24) is 0 Å². The van der Waals surface area contributed by atoms with Crippen molar-refractivity contribution in [2.24, 2.45) is 51.5 Å². The maximum Gasteiger partial charge on any atom is 0.239 e. The molecule has 39 heavy (non-hydrogen) atoms. The Morgan fingerprint density at radius 2 is 1.79 bits per heavy atom. The number of nitrogens with two attached hydrogens (primary N) is 1. The molecule has 5 rings (SSSR count). The van der Waals surface area contributed by atoms with Crippen molar-refractivity contribution in [2.75, 3.05) is 5.32 Å². The maximum absolute atomic E-state index is 12.8. The molecule has 0 spiro atoms. The lowest BCUT2D eigenvalue weighted by atomic mass is 9.43. The number of halogens is 1. The molecule has 9 heteroatoms. The highest BCUT2D eigenvalue weighted by Crippen LogP contribution is 2.68. The first-order valence-electron chi connectivity index (χ1n) is 14.7. The van der Waals surface area contributed by atoms with Gasteiger partial charge in [-0.3, -0.25) is 4.79 Å². The number of anilines is 1. The predicted octanol–water partition coefficient (Wildman–Crippen LogP) is 5.33. The first-order valence-corrected chi connectivity index (χ1v) is 16.6. The summed E-state index contributed by atoms with van der Waals surface area (Å²) in [7, 11) is -3.92. The molecule has 0 heterocycles. The molecule has 5 N–H and O–H groups in total. The van der Waals surface area contributed by atoms with E-state index in [2.05, 4.69) is 26.1 Å². The number of amides is 1. The Bertz CT molecular complexity index is 1210. The van der Waals surface area contributed by atoms with Gasteiger partial charge in [0.15, 0.2) is 0 Å². The summed E-state index contributed by atoms with van der Waals surface area (Å²) in [5.74, 6) is 2.58. The molecule has 0 bridgehead atoms. The second-order valence-electron chi connectivity index (χ2n) is 13.7. The molecule has 0 saturated heterocycles. The number of carbonyl (C=O) groups is 1. The molecule has 0 unspecified atom stereocenters. The van der Waals surface area contributed by atoms with E-state index in [1.165, 1.54) is 24.6 Å². The number of hydrogen-bond acceptors (Lipinski definition) is 5. The van der Waals surface area contributed by atoms with Crippen LogP contribution in [-0.2, 0) is 14.8 Å². The minimum atomic E-state index is -3.92. The van der Waals surface area contributed by atoms with Gasteiger partial charge in [-0.05, 0) is 122 Å². The molecule has 4 fully saturated rings. The van der Waals surface area contributed by atoms with Crippen LogP contribution in [0.25, 0.3) is 0 Å². The number of carbonyl (C=O) groups excluding carboxylic acids is 1. The molecule has 0 aromatic heterocycles. The van der Waals surface area contributed by atoms with Crippen LogP contribution in [0.15, 0.2) is 23.1 Å². The van der Waals surface area contributed by atoms with Crippen molar-refractivity contribution < 1.29 is 23.4 Å². The van der Waals surface area contributed by atoms with E-state index in [-0.39, 0.29) is 38.9 Å². The van der Waals surface area contributed by atoms with Gasteiger partial charge in [-0.2, -0.15) is 0 Å². The maximum atomic E-state index is 12.8. The number of sulfonamides is 1. The van der Waals surface area contributed by atoms with E-state index in [4.69, 9.17) is 16.7 Å². The van der Waals surface area contributed by atoms with E-state index in [9.17, 15) is 23.4 Å². The first kappa shape index (κ1) is 29.3. The zero-order valence-corrected chi connectivity index (χ0v) is 25.0. The molecule has 1 aromatic rings. The number of fused-ring (bicyclic) bond motifs is 5. The molecule has 1 aromatic carbocycles. The summed E-state index contributed by atoms with van der Waals surface area (Å²) in [5, 5.41) is 29.8. The van der Waals surface area contributed by atoms with E-state index in [1.807, 2.05) is 0 Å². The Morgan fingerprint density at radius 3 is 2.49 bits per heavy atom. The van der Waals surface area contributed by atoms with E-state index in [0.717, 1.165) is 51.4 Å². The number of benzene rings is 1. The number of rotatable bonds is 6. The Hall–Kier alpha value is -1.19. The van der Waals surface area contributed by atoms with Gasteiger partial charge in [0.1, 0.15) is 4.90 Å². The van der Waals surface area contributed by atoms with E-state index in [0.29, 0.717) is 47.6 Å². The van der Waals surface area contributed by atoms with Gasteiger partial charge in [0.25, 0.3) is 0 Å². The van der Waals surface area contributed by atoms with Crippen molar-refractivity contribution in [3.8, 4) is 0 Å². The third-order valence-corrected chi connectivity index (χ3v) is 13.2. The Balaban J connectivity index is 1.22. The molecule has 4 aliphatic rings. The predicted molar refractivity (Wildman–Crippen MR) is 152 cm³/mol. The molecule has 218 valence electrons. The monoisotopic (exact) mass is 580 g/mol. The van der Waals surface area contributed by atoms with Crippen LogP contribution < -0.4 is 10.5 Å². The SMILES string of the molecule is C[C@H](CCC(=O)Nc1ccc(S(N)(=O)=O)c(Cl)c1)[C@H]1CC[C@H]2[C@@H]3[C@@H](O)C[C@@H]4C[C@H](O)CC[C@]4(C)[C@H]3CC[C@]12C. The lowest BCUT2D eigenvalue weighted by molar-refractivity contribution is -0.174. The number of nitrogens with one attached hydrogen (secondary N) is 1. The van der Waals surface area contributed by atoms with Crippen molar-refractivity contribution in [2.45, 2.75) is 102 Å². The summed E-state index contributed by atoms with van der Waals surface area (Å²) in [6, 6.07) is 4.22. The minimum absolute atomic E-state index is 0.0151. The van der Waals surface area contributed by atoms with E-state index >= 15 is 0 Å². The van der Waals surface area contributed by atoms with Gasteiger partial charge in [0, 0.05) is 12.1 Å².